The number of allylic oxidation sites excluding steroid dienone is 2. The summed E-state index contributed by atoms with van der Waals surface area (Å²) in [4.78, 5) is 0. The Morgan fingerprint density at radius 1 is 0.875 bits per heavy atom. The van der Waals surface area contributed by atoms with Crippen molar-refractivity contribution in [3.63, 3.8) is 0 Å². The van der Waals surface area contributed by atoms with Crippen molar-refractivity contribution < 1.29 is 17.6 Å². The van der Waals surface area contributed by atoms with E-state index in [9.17, 15) is 17.6 Å². The molecule has 0 aliphatic carbocycles. The molecule has 0 radical (unpaired) electrons. The van der Waals surface area contributed by atoms with Crippen LogP contribution < -0.4 is 0 Å². The molecular weight excluding hydrogens is 316 g/mol. The average Bonchev–Trinajstić information content (AvgIpc) is 2.60. The molecule has 126 valence electrons. The van der Waals surface area contributed by atoms with Gasteiger partial charge in [-0.1, -0.05) is 42.5 Å². The van der Waals surface area contributed by atoms with Gasteiger partial charge in [0, 0.05) is 11.5 Å². The van der Waals surface area contributed by atoms with E-state index in [-0.39, 0.29) is 5.56 Å². The smallest absolute Gasteiger partial charge is 0.170 e. The third kappa shape index (κ3) is 3.42. The highest BCUT2D eigenvalue weighted by atomic mass is 19.2. The summed E-state index contributed by atoms with van der Waals surface area (Å²) in [6.45, 7) is 7.10. The number of halogens is 4. The van der Waals surface area contributed by atoms with E-state index in [0.717, 1.165) is 0 Å². The average molecular weight is 334 g/mol. The Kier molecular flexibility index (Phi) is 5.96. The molecule has 0 saturated carbocycles. The highest BCUT2D eigenvalue weighted by Gasteiger charge is 2.29. The summed E-state index contributed by atoms with van der Waals surface area (Å²) in [7, 11) is 0. The summed E-state index contributed by atoms with van der Waals surface area (Å²) in [6, 6.07) is 7.53. The molecule has 0 nitrogen and oxygen atoms in total. The van der Waals surface area contributed by atoms with E-state index < -0.39 is 40.3 Å². The van der Waals surface area contributed by atoms with Gasteiger partial charge in [-0.3, -0.25) is 0 Å². The van der Waals surface area contributed by atoms with E-state index in [1.807, 2.05) is 0 Å². The lowest BCUT2D eigenvalue weighted by Gasteiger charge is -2.17. The Bertz CT molecular complexity index is 706. The minimum Gasteiger partial charge on any atom is -0.203 e. The van der Waals surface area contributed by atoms with Crippen LogP contribution in [0.25, 0.3) is 11.1 Å². The molecule has 0 aliphatic rings. The Morgan fingerprint density at radius 2 is 1.46 bits per heavy atom. The fourth-order valence-corrected chi connectivity index (χ4v) is 2.69. The lowest BCUT2D eigenvalue weighted by atomic mass is 9.90. The van der Waals surface area contributed by atoms with Gasteiger partial charge in [-0.25, -0.2) is 17.6 Å². The maximum Gasteiger partial charge on any atom is 0.170 e. The summed E-state index contributed by atoms with van der Waals surface area (Å²) in [5.74, 6) is -6.30. The first-order valence-electron chi connectivity index (χ1n) is 7.67. The van der Waals surface area contributed by atoms with Gasteiger partial charge in [0.1, 0.15) is 0 Å². The van der Waals surface area contributed by atoms with Gasteiger partial charge in [-0.2, -0.15) is 0 Å². The number of hydrogen-bond acceptors (Lipinski definition) is 0. The molecule has 2 rings (SSSR count). The highest BCUT2D eigenvalue weighted by molar-refractivity contribution is 5.66. The SMILES string of the molecule is C=CCCCC(C=C)c1c(F)c(F)c(-c2ccccc2)c(F)c1F. The maximum atomic E-state index is 14.5. The second-order valence-electron chi connectivity index (χ2n) is 5.47. The number of hydrogen-bond donors (Lipinski definition) is 0. The van der Waals surface area contributed by atoms with Crippen LogP contribution in [0.2, 0.25) is 0 Å². The molecule has 4 heteroatoms. The molecule has 0 aromatic heterocycles. The third-order valence-electron chi connectivity index (χ3n) is 3.94. The molecule has 0 aliphatic heterocycles. The maximum absolute atomic E-state index is 14.5. The van der Waals surface area contributed by atoms with Crippen LogP contribution in [0.5, 0.6) is 0 Å². The van der Waals surface area contributed by atoms with Crippen molar-refractivity contribution in [2.75, 3.05) is 0 Å². The molecule has 0 N–H and O–H groups in total. The molecule has 0 heterocycles. The molecule has 0 bridgehead atoms. The van der Waals surface area contributed by atoms with Crippen LogP contribution >= 0.6 is 0 Å². The molecule has 0 saturated heterocycles. The van der Waals surface area contributed by atoms with Crippen LogP contribution in [0.4, 0.5) is 17.6 Å². The third-order valence-corrected chi connectivity index (χ3v) is 3.94. The van der Waals surface area contributed by atoms with E-state index in [1.165, 1.54) is 18.2 Å². The minimum atomic E-state index is -1.38. The van der Waals surface area contributed by atoms with Crippen molar-refractivity contribution in [3.8, 4) is 11.1 Å². The van der Waals surface area contributed by atoms with Crippen LogP contribution in [0.15, 0.2) is 55.6 Å². The monoisotopic (exact) mass is 334 g/mol. The topological polar surface area (TPSA) is 0 Å². The van der Waals surface area contributed by atoms with Gasteiger partial charge in [-0.05, 0) is 24.8 Å². The summed E-state index contributed by atoms with van der Waals surface area (Å²) >= 11 is 0. The largest absolute Gasteiger partial charge is 0.203 e. The van der Waals surface area contributed by atoms with Crippen molar-refractivity contribution in [2.45, 2.75) is 25.2 Å². The zero-order chi connectivity index (χ0) is 17.7. The van der Waals surface area contributed by atoms with Crippen LogP contribution in [0.3, 0.4) is 0 Å². The van der Waals surface area contributed by atoms with E-state index in [4.69, 9.17) is 0 Å². The summed E-state index contributed by atoms with van der Waals surface area (Å²) in [5.41, 5.74) is -1.22. The Labute approximate surface area is 139 Å². The van der Waals surface area contributed by atoms with Crippen molar-refractivity contribution in [2.24, 2.45) is 0 Å². The van der Waals surface area contributed by atoms with Gasteiger partial charge in [0.25, 0.3) is 0 Å². The van der Waals surface area contributed by atoms with E-state index in [0.29, 0.717) is 19.3 Å². The van der Waals surface area contributed by atoms with Crippen molar-refractivity contribution in [1.82, 2.24) is 0 Å². The summed E-state index contributed by atoms with van der Waals surface area (Å²) in [6.07, 6.45) is 4.54. The van der Waals surface area contributed by atoms with Crippen LogP contribution in [-0.2, 0) is 0 Å². The molecule has 2 aromatic rings. The quantitative estimate of drug-likeness (QED) is 0.233. The fourth-order valence-electron chi connectivity index (χ4n) is 2.69. The molecule has 0 amide bonds. The second kappa shape index (κ2) is 7.95. The lowest BCUT2D eigenvalue weighted by molar-refractivity contribution is 0.433. The summed E-state index contributed by atoms with van der Waals surface area (Å²) in [5, 5.41) is 0. The molecule has 1 atom stereocenters. The first-order valence-corrected chi connectivity index (χ1v) is 7.67. The molecule has 0 spiro atoms. The Balaban J connectivity index is 2.56. The molecule has 0 fully saturated rings. The Morgan fingerprint density at radius 3 is 1.96 bits per heavy atom. The van der Waals surface area contributed by atoms with E-state index in [2.05, 4.69) is 13.2 Å². The molecule has 24 heavy (non-hydrogen) atoms. The van der Waals surface area contributed by atoms with Crippen molar-refractivity contribution in [3.05, 3.63) is 84.5 Å². The van der Waals surface area contributed by atoms with E-state index in [1.54, 1.807) is 24.3 Å². The lowest BCUT2D eigenvalue weighted by Crippen LogP contribution is -2.10. The van der Waals surface area contributed by atoms with E-state index >= 15 is 0 Å². The molecule has 1 unspecified atom stereocenters. The standard InChI is InChI=1S/C20H18F4/c1-3-5-7-10-13(4-2)15-17(21)19(23)16(20(24)18(15)22)14-11-8-6-9-12-14/h3-4,6,8-9,11-13H,1-2,5,7,10H2. The van der Waals surface area contributed by atoms with Crippen molar-refractivity contribution in [1.29, 1.82) is 0 Å². The number of unbranched alkanes of at least 4 members (excludes halogenated alkanes) is 1. The van der Waals surface area contributed by atoms with Gasteiger partial charge in [0.2, 0.25) is 0 Å². The first kappa shape index (κ1) is 18.0. The van der Waals surface area contributed by atoms with Gasteiger partial charge >= 0.3 is 0 Å². The van der Waals surface area contributed by atoms with Gasteiger partial charge < -0.3 is 0 Å². The van der Waals surface area contributed by atoms with Gasteiger partial charge in [0.05, 0.1) is 5.56 Å². The van der Waals surface area contributed by atoms with Gasteiger partial charge in [0.15, 0.2) is 23.3 Å². The van der Waals surface area contributed by atoms with Crippen LogP contribution in [0.1, 0.15) is 30.7 Å². The zero-order valence-corrected chi connectivity index (χ0v) is 13.2. The predicted octanol–water partition coefficient (Wildman–Crippen LogP) is 6.54. The molecular formula is C20H18F4. The minimum absolute atomic E-state index is 0.0821. The van der Waals surface area contributed by atoms with Crippen molar-refractivity contribution >= 4 is 0 Å². The Hall–Kier alpha value is -2.36. The fraction of sp³-hybridized carbons (Fsp3) is 0.200. The predicted molar refractivity (Wildman–Crippen MR) is 88.7 cm³/mol. The second-order valence-corrected chi connectivity index (χ2v) is 5.47. The first-order chi connectivity index (χ1) is 11.5. The van der Waals surface area contributed by atoms with Gasteiger partial charge in [-0.15, -0.1) is 13.2 Å². The highest BCUT2D eigenvalue weighted by Crippen LogP contribution is 2.36. The zero-order valence-electron chi connectivity index (χ0n) is 13.2. The normalized spacial score (nSPS) is 12.0. The van der Waals surface area contributed by atoms with Crippen LogP contribution in [0, 0.1) is 23.3 Å². The molecule has 2 aromatic carbocycles. The number of benzene rings is 2. The van der Waals surface area contributed by atoms with Crippen LogP contribution in [-0.4, -0.2) is 0 Å². The summed E-state index contributed by atoms with van der Waals surface area (Å²) < 4.78 is 57.9. The number of rotatable bonds is 7.